The monoisotopic (exact) mass is 302 g/mol. The van der Waals surface area contributed by atoms with Gasteiger partial charge in [0, 0.05) is 17.0 Å². The van der Waals surface area contributed by atoms with Crippen LogP contribution in [-0.4, -0.2) is 18.6 Å². The number of benzene rings is 1. The fraction of sp³-hybridized carbons (Fsp3) is 0.538. The predicted molar refractivity (Wildman–Crippen MR) is 71.2 cm³/mol. The van der Waals surface area contributed by atoms with Crippen LogP contribution in [0.25, 0.3) is 0 Å². The first kappa shape index (κ1) is 12.4. The lowest BCUT2D eigenvalue weighted by atomic mass is 9.94. The van der Waals surface area contributed by atoms with E-state index >= 15 is 0 Å². The summed E-state index contributed by atoms with van der Waals surface area (Å²) in [5, 5.41) is 0. The minimum Gasteiger partial charge on any atom is -0.378 e. The van der Waals surface area contributed by atoms with Gasteiger partial charge in [0.05, 0.1) is 6.10 Å². The average molecular weight is 304 g/mol. The van der Waals surface area contributed by atoms with E-state index in [2.05, 4.69) is 34.1 Å². The second-order valence-electron chi connectivity index (χ2n) is 4.28. The van der Waals surface area contributed by atoms with Gasteiger partial charge in [-0.3, -0.25) is 0 Å². The van der Waals surface area contributed by atoms with Gasteiger partial charge in [0.25, 0.3) is 0 Å². The number of hydrogen-bond acceptors (Lipinski definition) is 1. The lowest BCUT2D eigenvalue weighted by molar-refractivity contribution is 0.0995. The predicted octanol–water partition coefficient (Wildman–Crippen LogP) is 4.34. The standard InChI is InChI=1S/C13H16BrClO/c14-12-4-1-3-10(7-12)11(9-15)8-13-5-2-6-16-13/h1,3-4,7,11,13H,2,5-6,8-9H2. The van der Waals surface area contributed by atoms with Gasteiger partial charge in [-0.25, -0.2) is 0 Å². The Morgan fingerprint density at radius 1 is 1.50 bits per heavy atom. The van der Waals surface area contributed by atoms with Gasteiger partial charge in [-0.05, 0) is 42.9 Å². The molecule has 88 valence electrons. The van der Waals surface area contributed by atoms with Crippen LogP contribution in [0.2, 0.25) is 0 Å². The van der Waals surface area contributed by atoms with Crippen LogP contribution in [0.4, 0.5) is 0 Å². The molecule has 2 atom stereocenters. The molecule has 1 aliphatic rings. The van der Waals surface area contributed by atoms with E-state index < -0.39 is 0 Å². The summed E-state index contributed by atoms with van der Waals surface area (Å²) < 4.78 is 6.78. The van der Waals surface area contributed by atoms with Gasteiger partial charge in [-0.2, -0.15) is 0 Å². The molecule has 1 fully saturated rings. The summed E-state index contributed by atoms with van der Waals surface area (Å²) in [6.07, 6.45) is 3.82. The Morgan fingerprint density at radius 3 is 3.00 bits per heavy atom. The maximum Gasteiger partial charge on any atom is 0.0582 e. The lowest BCUT2D eigenvalue weighted by Crippen LogP contribution is -2.12. The molecule has 0 radical (unpaired) electrons. The van der Waals surface area contributed by atoms with Crippen LogP contribution in [0.5, 0.6) is 0 Å². The van der Waals surface area contributed by atoms with Crippen LogP contribution < -0.4 is 0 Å². The third-order valence-corrected chi connectivity index (χ3v) is 3.94. The largest absolute Gasteiger partial charge is 0.378 e. The van der Waals surface area contributed by atoms with Gasteiger partial charge in [0.2, 0.25) is 0 Å². The molecule has 16 heavy (non-hydrogen) atoms. The van der Waals surface area contributed by atoms with Crippen molar-refractivity contribution in [3.63, 3.8) is 0 Å². The fourth-order valence-corrected chi connectivity index (χ4v) is 2.92. The van der Waals surface area contributed by atoms with Crippen molar-refractivity contribution in [3.8, 4) is 0 Å². The van der Waals surface area contributed by atoms with Crippen molar-refractivity contribution in [1.82, 2.24) is 0 Å². The molecule has 1 aliphatic heterocycles. The Hall–Kier alpha value is -0.0500. The number of ether oxygens (including phenoxy) is 1. The van der Waals surface area contributed by atoms with Crippen LogP contribution in [0.15, 0.2) is 28.7 Å². The number of alkyl halides is 1. The van der Waals surface area contributed by atoms with E-state index in [1.165, 1.54) is 18.4 Å². The zero-order chi connectivity index (χ0) is 11.4. The van der Waals surface area contributed by atoms with Gasteiger partial charge >= 0.3 is 0 Å². The first-order valence-electron chi connectivity index (χ1n) is 5.72. The molecular formula is C13H16BrClO. The first-order chi connectivity index (χ1) is 7.79. The number of hydrogen-bond donors (Lipinski definition) is 0. The van der Waals surface area contributed by atoms with Crippen molar-refractivity contribution in [1.29, 1.82) is 0 Å². The van der Waals surface area contributed by atoms with Crippen molar-refractivity contribution in [2.24, 2.45) is 0 Å². The number of halogens is 2. The summed E-state index contributed by atoms with van der Waals surface area (Å²) in [4.78, 5) is 0. The molecule has 2 rings (SSSR count). The van der Waals surface area contributed by atoms with E-state index in [1.54, 1.807) is 0 Å². The van der Waals surface area contributed by atoms with Crippen molar-refractivity contribution in [3.05, 3.63) is 34.3 Å². The minimum absolute atomic E-state index is 0.405. The molecule has 0 aromatic heterocycles. The molecule has 1 aromatic carbocycles. The first-order valence-corrected chi connectivity index (χ1v) is 7.05. The third kappa shape index (κ3) is 3.22. The molecule has 0 amide bonds. The van der Waals surface area contributed by atoms with Crippen LogP contribution in [0, 0.1) is 0 Å². The third-order valence-electron chi connectivity index (χ3n) is 3.08. The lowest BCUT2D eigenvalue weighted by Gasteiger charge is -2.18. The molecule has 0 aliphatic carbocycles. The summed E-state index contributed by atoms with van der Waals surface area (Å²) in [7, 11) is 0. The maximum atomic E-state index is 6.06. The SMILES string of the molecule is ClCC(CC1CCCO1)c1cccc(Br)c1. The number of rotatable bonds is 4. The summed E-state index contributed by atoms with van der Waals surface area (Å²) in [6, 6.07) is 8.41. The van der Waals surface area contributed by atoms with Gasteiger partial charge in [0.15, 0.2) is 0 Å². The van der Waals surface area contributed by atoms with E-state index in [9.17, 15) is 0 Å². The fourth-order valence-electron chi connectivity index (χ4n) is 2.20. The van der Waals surface area contributed by atoms with Crippen LogP contribution in [0.1, 0.15) is 30.7 Å². The van der Waals surface area contributed by atoms with E-state index in [-0.39, 0.29) is 0 Å². The highest BCUT2D eigenvalue weighted by atomic mass is 79.9. The second-order valence-corrected chi connectivity index (χ2v) is 5.50. The Labute approximate surface area is 110 Å². The zero-order valence-corrected chi connectivity index (χ0v) is 11.5. The topological polar surface area (TPSA) is 9.23 Å². The highest BCUT2D eigenvalue weighted by Crippen LogP contribution is 2.29. The van der Waals surface area contributed by atoms with Crippen molar-refractivity contribution >= 4 is 27.5 Å². The molecule has 1 saturated heterocycles. The molecule has 1 nitrogen and oxygen atoms in total. The van der Waals surface area contributed by atoms with Crippen molar-refractivity contribution in [2.45, 2.75) is 31.3 Å². The highest BCUT2D eigenvalue weighted by Gasteiger charge is 2.21. The van der Waals surface area contributed by atoms with E-state index in [0.29, 0.717) is 17.9 Å². The normalized spacial score (nSPS) is 22.2. The van der Waals surface area contributed by atoms with Gasteiger partial charge in [0.1, 0.15) is 0 Å². The molecule has 0 saturated carbocycles. The molecule has 3 heteroatoms. The minimum atomic E-state index is 0.405. The van der Waals surface area contributed by atoms with E-state index in [1.807, 2.05) is 6.07 Å². The molecule has 1 aromatic rings. The summed E-state index contributed by atoms with van der Waals surface area (Å²) >= 11 is 9.56. The molecule has 2 unspecified atom stereocenters. The average Bonchev–Trinajstić information content (AvgIpc) is 2.78. The smallest absolute Gasteiger partial charge is 0.0582 e. The van der Waals surface area contributed by atoms with E-state index in [4.69, 9.17) is 16.3 Å². The van der Waals surface area contributed by atoms with Crippen LogP contribution in [0.3, 0.4) is 0 Å². The summed E-state index contributed by atoms with van der Waals surface area (Å²) in [6.45, 7) is 0.915. The van der Waals surface area contributed by atoms with E-state index in [0.717, 1.165) is 17.5 Å². The van der Waals surface area contributed by atoms with Crippen LogP contribution in [-0.2, 0) is 4.74 Å². The molecular weight excluding hydrogens is 287 g/mol. The molecule has 0 N–H and O–H groups in total. The molecule has 0 spiro atoms. The van der Waals surface area contributed by atoms with Gasteiger partial charge in [-0.1, -0.05) is 28.1 Å². The Morgan fingerprint density at radius 2 is 2.38 bits per heavy atom. The summed E-state index contributed by atoms with van der Waals surface area (Å²) in [5.41, 5.74) is 1.31. The van der Waals surface area contributed by atoms with Crippen molar-refractivity contribution in [2.75, 3.05) is 12.5 Å². The highest BCUT2D eigenvalue weighted by molar-refractivity contribution is 9.10. The van der Waals surface area contributed by atoms with Crippen molar-refractivity contribution < 1.29 is 4.74 Å². The van der Waals surface area contributed by atoms with Gasteiger partial charge in [-0.15, -0.1) is 11.6 Å². The van der Waals surface area contributed by atoms with Crippen LogP contribution >= 0.6 is 27.5 Å². The summed E-state index contributed by atoms with van der Waals surface area (Å²) in [5.74, 6) is 1.07. The zero-order valence-electron chi connectivity index (χ0n) is 9.16. The Balaban J connectivity index is 2.03. The molecule has 1 heterocycles. The second kappa shape index (κ2) is 6.04. The quantitative estimate of drug-likeness (QED) is 0.752. The maximum absolute atomic E-state index is 6.06. The Bertz CT molecular complexity index is 336. The Kier molecular flexibility index (Phi) is 4.68. The molecule has 0 bridgehead atoms. The van der Waals surface area contributed by atoms with Gasteiger partial charge < -0.3 is 4.74 Å².